The summed E-state index contributed by atoms with van der Waals surface area (Å²) in [7, 11) is 0. The summed E-state index contributed by atoms with van der Waals surface area (Å²) < 4.78 is 6.22. The summed E-state index contributed by atoms with van der Waals surface area (Å²) in [5.41, 5.74) is 0.972. The highest BCUT2D eigenvalue weighted by Crippen LogP contribution is 2.29. The maximum absolute atomic E-state index is 9.79. The Bertz CT molecular complexity index is 509. The second kappa shape index (κ2) is 9.61. The molecule has 1 saturated heterocycles. The molecule has 6 heteroatoms. The number of hydrogen-bond donors (Lipinski definition) is 1. The zero-order chi connectivity index (χ0) is 16.2. The van der Waals surface area contributed by atoms with Crippen molar-refractivity contribution in [1.82, 2.24) is 4.90 Å². The largest absolute Gasteiger partial charge is 0.392 e. The van der Waals surface area contributed by atoms with Gasteiger partial charge in [0.15, 0.2) is 0 Å². The molecule has 1 aliphatic carbocycles. The number of β-amino-alcohol motifs (C(OH)–C–C–N with tert-alkyl or cyclic N) is 1. The normalized spacial score (nSPS) is 27.9. The van der Waals surface area contributed by atoms with E-state index in [4.69, 9.17) is 27.9 Å². The molecule has 1 aliphatic heterocycles. The maximum atomic E-state index is 9.79. The highest BCUT2D eigenvalue weighted by Gasteiger charge is 2.34. The number of nitrogens with zero attached hydrogens (tertiary/aromatic N) is 1. The predicted molar refractivity (Wildman–Crippen MR) is 102 cm³/mol. The van der Waals surface area contributed by atoms with Crippen LogP contribution in [0.4, 0.5) is 0 Å². The van der Waals surface area contributed by atoms with Gasteiger partial charge in [0, 0.05) is 29.2 Å². The van der Waals surface area contributed by atoms with E-state index in [2.05, 4.69) is 4.90 Å². The van der Waals surface area contributed by atoms with Crippen LogP contribution in [-0.4, -0.2) is 48.0 Å². The average molecular weight is 395 g/mol. The number of aliphatic hydroxyl groups is 1. The topological polar surface area (TPSA) is 32.7 Å². The smallest absolute Gasteiger partial charge is 0.0730 e. The third kappa shape index (κ3) is 5.00. The Hall–Kier alpha value is -0.0300. The van der Waals surface area contributed by atoms with Gasteiger partial charge in [-0.15, -0.1) is 12.4 Å². The van der Waals surface area contributed by atoms with Crippen molar-refractivity contribution in [3.05, 3.63) is 33.8 Å². The minimum Gasteiger partial charge on any atom is -0.392 e. The number of likely N-dealkylation sites (tertiary alicyclic amines) is 1. The fourth-order valence-electron chi connectivity index (χ4n) is 3.84. The molecule has 2 fully saturated rings. The van der Waals surface area contributed by atoms with Gasteiger partial charge in [-0.25, -0.2) is 0 Å². The molecular formula is C18H26Cl3NO2. The van der Waals surface area contributed by atoms with Crippen LogP contribution in [0.1, 0.15) is 37.7 Å². The third-order valence-corrected chi connectivity index (χ3v) is 5.79. The van der Waals surface area contributed by atoms with Gasteiger partial charge in [0.05, 0.1) is 18.8 Å². The first-order chi connectivity index (χ1) is 11.1. The van der Waals surface area contributed by atoms with Crippen molar-refractivity contribution in [2.45, 2.75) is 56.8 Å². The summed E-state index contributed by atoms with van der Waals surface area (Å²) in [6.07, 6.45) is 6.48. The molecule has 1 aromatic rings. The number of halogens is 3. The highest BCUT2D eigenvalue weighted by molar-refractivity contribution is 6.35. The summed E-state index contributed by atoms with van der Waals surface area (Å²) in [6.45, 7) is 2.42. The van der Waals surface area contributed by atoms with E-state index in [1.165, 1.54) is 19.3 Å². The van der Waals surface area contributed by atoms with Gasteiger partial charge >= 0.3 is 0 Å². The van der Waals surface area contributed by atoms with E-state index >= 15 is 0 Å². The van der Waals surface area contributed by atoms with Crippen molar-refractivity contribution in [2.24, 2.45) is 0 Å². The monoisotopic (exact) mass is 393 g/mol. The predicted octanol–water partition coefficient (Wildman–Crippen LogP) is 4.35. The molecule has 0 amide bonds. The lowest BCUT2D eigenvalue weighted by molar-refractivity contribution is -0.0315. The van der Waals surface area contributed by atoms with Crippen molar-refractivity contribution >= 4 is 35.6 Å². The number of hydrogen-bond acceptors (Lipinski definition) is 3. The second-order valence-electron chi connectivity index (χ2n) is 6.65. The minimum absolute atomic E-state index is 0. The maximum Gasteiger partial charge on any atom is 0.0730 e. The van der Waals surface area contributed by atoms with E-state index in [9.17, 15) is 5.11 Å². The van der Waals surface area contributed by atoms with Gasteiger partial charge < -0.3 is 9.84 Å². The lowest BCUT2D eigenvalue weighted by atomic mass is 9.91. The minimum atomic E-state index is -0.167. The zero-order valence-corrected chi connectivity index (χ0v) is 16.1. The molecule has 0 aromatic heterocycles. The first-order valence-electron chi connectivity index (χ1n) is 8.62. The van der Waals surface area contributed by atoms with Crippen LogP contribution >= 0.6 is 35.6 Å². The standard InChI is InChI=1S/C18H25Cl2NO2.ClH/c19-15-4-3-5-16(20)14(15)9-11-23-18-7-2-1-6-17(18)21-10-8-13(22)12-21;/h3-5,13,17-18,22H,1-2,6-12H2;1H/t13-,17-,18-;/m0./s1. The second-order valence-corrected chi connectivity index (χ2v) is 7.46. The molecule has 0 spiro atoms. The molecule has 1 N–H and O–H groups in total. The molecule has 136 valence electrons. The van der Waals surface area contributed by atoms with Crippen LogP contribution in [0.5, 0.6) is 0 Å². The van der Waals surface area contributed by atoms with Gasteiger partial charge in [0.1, 0.15) is 0 Å². The van der Waals surface area contributed by atoms with E-state index in [1.54, 1.807) is 0 Å². The number of rotatable bonds is 5. The number of benzene rings is 1. The molecule has 1 heterocycles. The summed E-state index contributed by atoms with van der Waals surface area (Å²) in [4.78, 5) is 2.41. The van der Waals surface area contributed by atoms with Crippen LogP contribution in [0.3, 0.4) is 0 Å². The van der Waals surface area contributed by atoms with Crippen LogP contribution in [0, 0.1) is 0 Å². The van der Waals surface area contributed by atoms with E-state index in [0.717, 1.165) is 37.9 Å². The molecule has 24 heavy (non-hydrogen) atoms. The summed E-state index contributed by atoms with van der Waals surface area (Å²) in [5, 5.41) is 11.2. The number of aliphatic hydroxyl groups excluding tert-OH is 1. The molecule has 0 bridgehead atoms. The van der Waals surface area contributed by atoms with Crippen LogP contribution in [0.25, 0.3) is 0 Å². The van der Waals surface area contributed by atoms with Crippen molar-refractivity contribution in [2.75, 3.05) is 19.7 Å². The molecule has 0 unspecified atom stereocenters. The van der Waals surface area contributed by atoms with Gasteiger partial charge in [-0.1, -0.05) is 42.1 Å². The number of ether oxygens (including phenoxy) is 1. The van der Waals surface area contributed by atoms with Gasteiger partial charge in [0.2, 0.25) is 0 Å². The van der Waals surface area contributed by atoms with Gasteiger partial charge in [0.25, 0.3) is 0 Å². The Morgan fingerprint density at radius 3 is 2.50 bits per heavy atom. The molecule has 1 aromatic carbocycles. The Morgan fingerprint density at radius 1 is 1.12 bits per heavy atom. The molecule has 3 atom stereocenters. The van der Waals surface area contributed by atoms with Crippen molar-refractivity contribution in [3.63, 3.8) is 0 Å². The highest BCUT2D eigenvalue weighted by atomic mass is 35.5. The third-order valence-electron chi connectivity index (χ3n) is 5.08. The van der Waals surface area contributed by atoms with Crippen LogP contribution in [-0.2, 0) is 11.2 Å². The van der Waals surface area contributed by atoms with Crippen molar-refractivity contribution in [1.29, 1.82) is 0 Å². The Labute approximate surface area is 160 Å². The Balaban J connectivity index is 0.00000208. The SMILES string of the molecule is Cl.O[C@H]1CCN([C@H]2CCCC[C@@H]2OCCc2c(Cl)cccc2Cl)C1. The lowest BCUT2D eigenvalue weighted by Crippen LogP contribution is -2.46. The van der Waals surface area contributed by atoms with E-state index in [-0.39, 0.29) is 24.6 Å². The van der Waals surface area contributed by atoms with Crippen molar-refractivity contribution < 1.29 is 9.84 Å². The van der Waals surface area contributed by atoms with Gasteiger partial charge in [-0.3, -0.25) is 4.90 Å². The summed E-state index contributed by atoms with van der Waals surface area (Å²) >= 11 is 12.4. The Morgan fingerprint density at radius 2 is 1.83 bits per heavy atom. The summed E-state index contributed by atoms with van der Waals surface area (Å²) in [5.74, 6) is 0. The molecule has 3 nitrogen and oxygen atoms in total. The molecule has 1 saturated carbocycles. The fraction of sp³-hybridized carbons (Fsp3) is 0.667. The van der Waals surface area contributed by atoms with Gasteiger partial charge in [-0.05, 0) is 43.4 Å². The summed E-state index contributed by atoms with van der Waals surface area (Å²) in [6, 6.07) is 6.06. The van der Waals surface area contributed by atoms with Crippen molar-refractivity contribution in [3.8, 4) is 0 Å². The molecular weight excluding hydrogens is 369 g/mol. The Kier molecular flexibility index (Phi) is 8.12. The first-order valence-corrected chi connectivity index (χ1v) is 9.37. The average Bonchev–Trinajstić information content (AvgIpc) is 2.97. The van der Waals surface area contributed by atoms with Crippen LogP contribution in [0.2, 0.25) is 10.0 Å². The van der Waals surface area contributed by atoms with E-state index in [1.807, 2.05) is 18.2 Å². The van der Waals surface area contributed by atoms with Crippen LogP contribution in [0.15, 0.2) is 18.2 Å². The molecule has 3 rings (SSSR count). The quantitative estimate of drug-likeness (QED) is 0.806. The van der Waals surface area contributed by atoms with E-state index in [0.29, 0.717) is 22.7 Å². The zero-order valence-electron chi connectivity index (χ0n) is 13.8. The first kappa shape index (κ1) is 20.3. The molecule has 2 aliphatic rings. The lowest BCUT2D eigenvalue weighted by Gasteiger charge is -2.37. The van der Waals surface area contributed by atoms with Crippen LogP contribution < -0.4 is 0 Å². The van der Waals surface area contributed by atoms with Gasteiger partial charge in [-0.2, -0.15) is 0 Å². The fourth-order valence-corrected chi connectivity index (χ4v) is 4.43. The van der Waals surface area contributed by atoms with E-state index < -0.39 is 0 Å². The molecule has 0 radical (unpaired) electrons.